The number of aryl methyl sites for hydroxylation is 2. The minimum Gasteiger partial charge on any atom is -0.460 e. The van der Waals surface area contributed by atoms with Crippen LogP contribution in [0, 0.1) is 19.4 Å². The zero-order chi connectivity index (χ0) is 28.6. The van der Waals surface area contributed by atoms with E-state index >= 15 is 0 Å². The predicted octanol–water partition coefficient (Wildman–Crippen LogP) is 4.57. The van der Waals surface area contributed by atoms with Crippen molar-refractivity contribution in [3.05, 3.63) is 65.5 Å². The van der Waals surface area contributed by atoms with Crippen LogP contribution in [0.1, 0.15) is 36.7 Å². The number of aromatic nitrogens is 5. The largest absolute Gasteiger partial charge is 0.460 e. The van der Waals surface area contributed by atoms with Gasteiger partial charge in [-0.15, -0.1) is 4.98 Å². The highest BCUT2D eigenvalue weighted by Gasteiger charge is 2.38. The highest BCUT2D eigenvalue weighted by molar-refractivity contribution is 5.96. The maximum atomic E-state index is 12.9. The zero-order valence-corrected chi connectivity index (χ0v) is 22.8. The summed E-state index contributed by atoms with van der Waals surface area (Å²) in [7, 11) is 1.83. The molecular weight excluding hydrogens is 512 g/mol. The van der Waals surface area contributed by atoms with E-state index in [4.69, 9.17) is 16.0 Å². The summed E-state index contributed by atoms with van der Waals surface area (Å²) < 4.78 is 13.2. The fourth-order valence-electron chi connectivity index (χ4n) is 4.12. The number of ether oxygens (including phenoxy) is 2. The van der Waals surface area contributed by atoms with Crippen LogP contribution in [0.25, 0.3) is 16.0 Å². The minimum atomic E-state index is -0.558. The molecule has 204 valence electrons. The number of imidazole rings is 1. The number of hydrogen-bond acceptors (Lipinski definition) is 9. The second kappa shape index (κ2) is 10.3. The van der Waals surface area contributed by atoms with Gasteiger partial charge in [-0.1, -0.05) is 6.57 Å². The summed E-state index contributed by atoms with van der Waals surface area (Å²) >= 11 is 0. The van der Waals surface area contributed by atoms with Crippen LogP contribution in [0.2, 0.25) is 0 Å². The summed E-state index contributed by atoms with van der Waals surface area (Å²) in [5.74, 6) is 0.770. The first kappa shape index (κ1) is 26.6. The van der Waals surface area contributed by atoms with Gasteiger partial charge in [-0.25, -0.2) is 9.97 Å². The number of anilines is 2. The number of fused-ring (bicyclic) bond motifs is 1. The van der Waals surface area contributed by atoms with E-state index in [0.29, 0.717) is 53.0 Å². The summed E-state index contributed by atoms with van der Waals surface area (Å²) in [4.78, 5) is 47.5. The molecule has 5 heterocycles. The maximum absolute atomic E-state index is 12.9. The maximum Gasteiger partial charge on any atom is 0.313 e. The number of amides is 1. The highest BCUT2D eigenvalue weighted by atomic mass is 16.6. The van der Waals surface area contributed by atoms with E-state index < -0.39 is 5.60 Å². The van der Waals surface area contributed by atoms with Crippen molar-refractivity contribution in [3.8, 4) is 11.6 Å². The number of carbonyl (C=O) groups is 2. The number of rotatable bonds is 6. The minimum absolute atomic E-state index is 0.196. The third-order valence-electron chi connectivity index (χ3n) is 6.20. The molecule has 0 spiro atoms. The molecule has 40 heavy (non-hydrogen) atoms. The van der Waals surface area contributed by atoms with Crippen molar-refractivity contribution < 1.29 is 19.1 Å². The van der Waals surface area contributed by atoms with Gasteiger partial charge in [0.15, 0.2) is 17.6 Å². The molecule has 1 saturated heterocycles. The Labute approximate surface area is 230 Å². The van der Waals surface area contributed by atoms with Gasteiger partial charge in [0, 0.05) is 32.4 Å². The molecule has 0 radical (unpaired) electrons. The lowest BCUT2D eigenvalue weighted by Gasteiger charge is -2.38. The smallest absolute Gasteiger partial charge is 0.313 e. The molecule has 1 aliphatic rings. The van der Waals surface area contributed by atoms with E-state index in [1.54, 1.807) is 40.1 Å². The number of nitrogens with zero attached hydrogens (tertiary/aromatic N) is 7. The van der Waals surface area contributed by atoms with E-state index in [0.717, 1.165) is 5.56 Å². The van der Waals surface area contributed by atoms with Crippen LogP contribution < -0.4 is 10.1 Å². The third-order valence-corrected chi connectivity index (χ3v) is 6.20. The number of nitrogens with one attached hydrogen (secondary N) is 1. The zero-order valence-electron chi connectivity index (χ0n) is 22.8. The van der Waals surface area contributed by atoms with Crippen molar-refractivity contribution in [3.63, 3.8) is 0 Å². The van der Waals surface area contributed by atoms with Gasteiger partial charge in [0.05, 0.1) is 23.5 Å². The Kier molecular flexibility index (Phi) is 6.81. The molecule has 4 aromatic heterocycles. The van der Waals surface area contributed by atoms with Crippen molar-refractivity contribution in [2.45, 2.75) is 33.3 Å². The van der Waals surface area contributed by atoms with E-state index in [1.807, 2.05) is 34.7 Å². The molecule has 0 bridgehead atoms. The third kappa shape index (κ3) is 5.54. The van der Waals surface area contributed by atoms with Crippen molar-refractivity contribution in [2.75, 3.05) is 18.4 Å². The van der Waals surface area contributed by atoms with Crippen molar-refractivity contribution >= 4 is 40.4 Å². The lowest BCUT2D eigenvalue weighted by molar-refractivity contribution is -0.164. The van der Waals surface area contributed by atoms with Crippen LogP contribution in [0.5, 0.6) is 11.6 Å². The normalized spacial score (nSPS) is 13.4. The lowest BCUT2D eigenvalue weighted by Crippen LogP contribution is -2.54. The van der Waals surface area contributed by atoms with Gasteiger partial charge in [-0.2, -0.15) is 4.98 Å². The Hall–Kier alpha value is -5.05. The molecule has 0 aliphatic carbocycles. The first-order valence-electron chi connectivity index (χ1n) is 12.6. The summed E-state index contributed by atoms with van der Waals surface area (Å²) in [5, 5.41) is 3.24. The Morgan fingerprint density at radius 2 is 1.90 bits per heavy atom. The average molecular weight is 541 g/mol. The quantitative estimate of drug-likeness (QED) is 0.276. The number of pyridine rings is 3. The number of carbonyl (C=O) groups excluding carboxylic acids is 2. The summed E-state index contributed by atoms with van der Waals surface area (Å²) in [6.07, 6.45) is 4.64. The first-order chi connectivity index (χ1) is 19.0. The van der Waals surface area contributed by atoms with Crippen LogP contribution >= 0.6 is 0 Å². The Balaban J connectivity index is 1.30. The molecule has 12 heteroatoms. The molecule has 4 aromatic rings. The van der Waals surface area contributed by atoms with Gasteiger partial charge in [0.2, 0.25) is 5.88 Å². The van der Waals surface area contributed by atoms with Gasteiger partial charge in [-0.3, -0.25) is 9.59 Å². The Bertz CT molecular complexity index is 1640. The van der Waals surface area contributed by atoms with Gasteiger partial charge in [0.1, 0.15) is 16.9 Å². The fourth-order valence-corrected chi connectivity index (χ4v) is 4.12. The Morgan fingerprint density at radius 3 is 2.55 bits per heavy atom. The second-order valence-corrected chi connectivity index (χ2v) is 10.6. The second-order valence-electron chi connectivity index (χ2n) is 10.6. The van der Waals surface area contributed by atoms with E-state index in [1.165, 1.54) is 12.4 Å². The molecular formula is C28H28N8O4. The molecule has 1 fully saturated rings. The van der Waals surface area contributed by atoms with Gasteiger partial charge in [0.25, 0.3) is 11.7 Å². The summed E-state index contributed by atoms with van der Waals surface area (Å²) in [5.41, 5.74) is 2.43. The first-order valence-corrected chi connectivity index (χ1v) is 12.6. The van der Waals surface area contributed by atoms with Crippen molar-refractivity contribution in [1.82, 2.24) is 29.4 Å². The van der Waals surface area contributed by atoms with E-state index in [-0.39, 0.29) is 23.6 Å². The summed E-state index contributed by atoms with van der Waals surface area (Å²) in [6.45, 7) is 15.1. The Morgan fingerprint density at radius 1 is 1.12 bits per heavy atom. The number of hydrogen-bond donors (Lipinski definition) is 1. The fraction of sp³-hybridized carbons (Fsp3) is 0.321. The molecule has 1 aliphatic heterocycles. The highest BCUT2D eigenvalue weighted by Crippen LogP contribution is 2.32. The summed E-state index contributed by atoms with van der Waals surface area (Å²) in [6, 6.07) is 6.73. The standard InChI is InChI=1S/C28H28N8O4/c1-16-9-22(29-5)31-12-20(16)39-23-10-19(24-25(34-23)35(6)15-32-24)33-21-8-7-17(11-30-21)26(37)36-13-18(14-36)27(38)40-28(2,3)4/h7-12,15,18H,13-14H2,1-4,6H3,(H,30,33,34). The molecule has 1 N–H and O–H groups in total. The van der Waals surface area contributed by atoms with E-state index in [2.05, 4.69) is 30.1 Å². The molecule has 1 amide bonds. The van der Waals surface area contributed by atoms with Crippen molar-refractivity contribution in [1.29, 1.82) is 0 Å². The monoisotopic (exact) mass is 540 g/mol. The lowest BCUT2D eigenvalue weighted by atomic mass is 9.99. The van der Waals surface area contributed by atoms with Gasteiger partial charge < -0.3 is 29.1 Å². The molecule has 12 nitrogen and oxygen atoms in total. The molecule has 0 saturated carbocycles. The SMILES string of the molecule is [C-]#[N+]c1cc(C)c(Oc2cc(Nc3ccc(C(=O)N4CC(C(=O)OC(C)(C)C)C4)cn3)c3ncn(C)c3n2)cn1. The van der Waals surface area contributed by atoms with Gasteiger partial charge >= 0.3 is 5.97 Å². The van der Waals surface area contributed by atoms with Crippen LogP contribution in [0.3, 0.4) is 0 Å². The van der Waals surface area contributed by atoms with Gasteiger partial charge in [-0.05, 0) is 51.5 Å². The van der Waals surface area contributed by atoms with Crippen LogP contribution in [-0.2, 0) is 16.6 Å². The molecule has 5 rings (SSSR count). The number of likely N-dealkylation sites (tertiary alicyclic amines) is 1. The van der Waals surface area contributed by atoms with Crippen molar-refractivity contribution in [2.24, 2.45) is 13.0 Å². The average Bonchev–Trinajstić information content (AvgIpc) is 3.24. The number of esters is 1. The predicted molar refractivity (Wildman–Crippen MR) is 147 cm³/mol. The topological polar surface area (TPSA) is 129 Å². The van der Waals surface area contributed by atoms with Crippen LogP contribution in [0.4, 0.5) is 17.3 Å². The molecule has 0 aromatic carbocycles. The molecule has 0 unspecified atom stereocenters. The van der Waals surface area contributed by atoms with E-state index in [9.17, 15) is 9.59 Å². The van der Waals surface area contributed by atoms with Crippen LogP contribution in [-0.4, -0.2) is 60.0 Å². The van der Waals surface area contributed by atoms with Crippen LogP contribution in [0.15, 0.2) is 43.0 Å². The molecule has 0 atom stereocenters.